The predicted octanol–water partition coefficient (Wildman–Crippen LogP) is 6.55. The highest BCUT2D eigenvalue weighted by Crippen LogP contribution is 2.33. The fourth-order valence-electron chi connectivity index (χ4n) is 2.29. The molecule has 3 rings (SSSR count). The molecule has 1 aliphatic heterocycles. The summed E-state index contributed by atoms with van der Waals surface area (Å²) in [6.07, 6.45) is 5.28. The van der Waals surface area contributed by atoms with Gasteiger partial charge in [-0.3, -0.25) is 14.5 Å². The van der Waals surface area contributed by atoms with Crippen LogP contribution < -0.4 is 0 Å². The fraction of sp³-hybridized carbons (Fsp3) is 0.0526. The van der Waals surface area contributed by atoms with Crippen LogP contribution >= 0.6 is 50.9 Å². The molecule has 1 aliphatic rings. The van der Waals surface area contributed by atoms with Gasteiger partial charge in [-0.25, -0.2) is 0 Å². The van der Waals surface area contributed by atoms with E-state index in [4.69, 9.17) is 23.2 Å². The van der Waals surface area contributed by atoms with Crippen LogP contribution in [0.25, 0.3) is 6.08 Å². The second-order valence-electron chi connectivity index (χ2n) is 5.44. The molecule has 1 fully saturated rings. The second kappa shape index (κ2) is 8.44. The lowest BCUT2D eigenvalue weighted by molar-refractivity contribution is -0.123. The Bertz CT molecular complexity index is 926. The smallest absolute Gasteiger partial charge is 0.268 e. The molecule has 1 heterocycles. The van der Waals surface area contributed by atoms with E-state index in [1.54, 1.807) is 30.4 Å². The summed E-state index contributed by atoms with van der Waals surface area (Å²) in [5.74, 6) is -0.327. The highest BCUT2D eigenvalue weighted by atomic mass is 79.9. The van der Waals surface area contributed by atoms with Crippen LogP contribution in [0.2, 0.25) is 10.0 Å². The normalized spacial score (nSPS) is 16.3. The van der Waals surface area contributed by atoms with Gasteiger partial charge in [-0.2, -0.15) is 0 Å². The summed E-state index contributed by atoms with van der Waals surface area (Å²) in [5.41, 5.74) is 1.67. The van der Waals surface area contributed by atoms with Crippen LogP contribution in [-0.4, -0.2) is 16.0 Å². The number of allylic oxidation sites excluding steroid dienone is 2. The van der Waals surface area contributed by atoms with Gasteiger partial charge in [0.1, 0.15) is 0 Å². The van der Waals surface area contributed by atoms with Crippen LogP contribution in [0.5, 0.6) is 0 Å². The van der Waals surface area contributed by atoms with Crippen molar-refractivity contribution >= 4 is 68.1 Å². The van der Waals surface area contributed by atoms with Crippen molar-refractivity contribution in [1.29, 1.82) is 0 Å². The van der Waals surface area contributed by atoms with Gasteiger partial charge in [0.2, 0.25) is 0 Å². The zero-order chi connectivity index (χ0) is 18.7. The number of nitrogens with zero attached hydrogens (tertiary/aromatic N) is 1. The Labute approximate surface area is 173 Å². The van der Waals surface area contributed by atoms with Crippen molar-refractivity contribution in [3.8, 4) is 0 Å². The monoisotopic (exact) mass is 467 g/mol. The van der Waals surface area contributed by atoms with Gasteiger partial charge >= 0.3 is 0 Å². The molecule has 3 nitrogen and oxygen atoms in total. The number of carbonyl (C=O) groups excluding carboxylic acids is 2. The number of hydrogen-bond acceptors (Lipinski definition) is 3. The van der Waals surface area contributed by atoms with Crippen molar-refractivity contribution in [2.75, 3.05) is 0 Å². The summed E-state index contributed by atoms with van der Waals surface area (Å²) in [4.78, 5) is 26.2. The summed E-state index contributed by atoms with van der Waals surface area (Å²) < 4.78 is 0.997. The third-order valence-electron chi connectivity index (χ3n) is 3.62. The summed E-state index contributed by atoms with van der Waals surface area (Å²) in [6, 6.07) is 12.7. The molecule has 7 heteroatoms. The van der Waals surface area contributed by atoms with Gasteiger partial charge in [-0.05, 0) is 53.2 Å². The van der Waals surface area contributed by atoms with E-state index in [1.807, 2.05) is 30.3 Å². The van der Waals surface area contributed by atoms with E-state index in [-0.39, 0.29) is 17.7 Å². The van der Waals surface area contributed by atoms with Gasteiger partial charge in [0.25, 0.3) is 11.1 Å². The molecule has 0 atom stereocenters. The van der Waals surface area contributed by atoms with Crippen LogP contribution in [0.1, 0.15) is 11.1 Å². The van der Waals surface area contributed by atoms with E-state index >= 15 is 0 Å². The SMILES string of the molecule is O=C1S/C(=C\C=C\c2ccc(Br)cc2)C(=O)N1Cc1ccc(Cl)cc1Cl. The maximum absolute atomic E-state index is 12.5. The fourth-order valence-corrected chi connectivity index (χ4v) is 3.81. The van der Waals surface area contributed by atoms with Crippen LogP contribution in [0.3, 0.4) is 0 Å². The van der Waals surface area contributed by atoms with Gasteiger partial charge in [-0.15, -0.1) is 0 Å². The average molecular weight is 469 g/mol. The van der Waals surface area contributed by atoms with Gasteiger partial charge in [-0.1, -0.05) is 69.5 Å². The Morgan fingerprint density at radius 1 is 1.08 bits per heavy atom. The first-order chi connectivity index (χ1) is 12.4. The molecular weight excluding hydrogens is 457 g/mol. The minimum Gasteiger partial charge on any atom is -0.268 e. The lowest BCUT2D eigenvalue weighted by Gasteiger charge is -2.13. The molecule has 0 N–H and O–H groups in total. The molecule has 0 radical (unpaired) electrons. The Hall–Kier alpha value is -1.53. The predicted molar refractivity (Wildman–Crippen MR) is 111 cm³/mol. The van der Waals surface area contributed by atoms with Crippen LogP contribution in [0.15, 0.2) is 64.0 Å². The van der Waals surface area contributed by atoms with E-state index in [2.05, 4.69) is 15.9 Å². The molecule has 0 spiro atoms. The maximum Gasteiger partial charge on any atom is 0.293 e. The quantitative estimate of drug-likeness (QED) is 0.477. The lowest BCUT2D eigenvalue weighted by atomic mass is 10.2. The van der Waals surface area contributed by atoms with Gasteiger partial charge in [0.15, 0.2) is 0 Å². The Kier molecular flexibility index (Phi) is 6.24. The largest absolute Gasteiger partial charge is 0.293 e. The number of carbonyl (C=O) groups is 2. The first kappa shape index (κ1) is 19.2. The third kappa shape index (κ3) is 4.60. The molecule has 0 unspecified atom stereocenters. The zero-order valence-corrected chi connectivity index (χ0v) is 17.2. The number of hydrogen-bond donors (Lipinski definition) is 0. The van der Waals surface area contributed by atoms with Crippen molar-refractivity contribution in [2.45, 2.75) is 6.54 Å². The first-order valence-electron chi connectivity index (χ1n) is 7.55. The molecule has 0 bridgehead atoms. The maximum atomic E-state index is 12.5. The van der Waals surface area contributed by atoms with E-state index in [0.717, 1.165) is 21.8 Å². The van der Waals surface area contributed by atoms with Gasteiger partial charge in [0.05, 0.1) is 11.4 Å². The minimum atomic E-state index is -0.327. The van der Waals surface area contributed by atoms with Crippen molar-refractivity contribution in [3.05, 3.63) is 85.2 Å². The lowest BCUT2D eigenvalue weighted by Crippen LogP contribution is -2.27. The topological polar surface area (TPSA) is 37.4 Å². The molecule has 0 aromatic heterocycles. The summed E-state index contributed by atoms with van der Waals surface area (Å²) in [7, 11) is 0. The molecule has 2 aromatic carbocycles. The molecule has 132 valence electrons. The van der Waals surface area contributed by atoms with Crippen molar-refractivity contribution in [3.63, 3.8) is 0 Å². The summed E-state index contributed by atoms with van der Waals surface area (Å²) >= 11 is 16.3. The number of amides is 2. The number of thioether (sulfide) groups is 1. The van der Waals surface area contributed by atoms with Gasteiger partial charge in [0, 0.05) is 14.5 Å². The van der Waals surface area contributed by atoms with E-state index in [0.29, 0.717) is 20.5 Å². The number of benzene rings is 2. The summed E-state index contributed by atoms with van der Waals surface area (Å²) in [6.45, 7) is 0.119. The number of rotatable bonds is 4. The number of imide groups is 1. The Balaban J connectivity index is 1.72. The molecule has 1 saturated heterocycles. The van der Waals surface area contributed by atoms with Crippen LogP contribution in [-0.2, 0) is 11.3 Å². The molecule has 26 heavy (non-hydrogen) atoms. The van der Waals surface area contributed by atoms with E-state index < -0.39 is 0 Å². The first-order valence-corrected chi connectivity index (χ1v) is 9.92. The average Bonchev–Trinajstić information content (AvgIpc) is 2.86. The van der Waals surface area contributed by atoms with Crippen molar-refractivity contribution in [1.82, 2.24) is 4.90 Å². The van der Waals surface area contributed by atoms with Gasteiger partial charge < -0.3 is 0 Å². The standard InChI is InChI=1S/C19H12BrCl2NO2S/c20-14-7-4-12(5-8-14)2-1-3-17-18(24)23(19(25)26-17)11-13-6-9-15(21)10-16(13)22/h1-10H,11H2/b2-1+,17-3-. The molecule has 0 saturated carbocycles. The van der Waals surface area contributed by atoms with E-state index in [9.17, 15) is 9.59 Å². The molecular formula is C19H12BrCl2NO2S. The Morgan fingerprint density at radius 2 is 1.81 bits per heavy atom. The Morgan fingerprint density at radius 3 is 2.50 bits per heavy atom. The number of halogens is 3. The van der Waals surface area contributed by atoms with E-state index in [1.165, 1.54) is 4.90 Å². The summed E-state index contributed by atoms with van der Waals surface area (Å²) in [5, 5.41) is 0.617. The molecule has 2 amide bonds. The molecule has 2 aromatic rings. The zero-order valence-electron chi connectivity index (χ0n) is 13.3. The van der Waals surface area contributed by atoms with Crippen molar-refractivity contribution < 1.29 is 9.59 Å². The van der Waals surface area contributed by atoms with Crippen LogP contribution in [0.4, 0.5) is 4.79 Å². The second-order valence-corrected chi connectivity index (χ2v) is 8.19. The highest BCUT2D eigenvalue weighted by Gasteiger charge is 2.34. The minimum absolute atomic E-state index is 0.119. The van der Waals surface area contributed by atoms with Crippen LogP contribution in [0, 0.1) is 0 Å². The third-order valence-corrected chi connectivity index (χ3v) is 5.66. The van der Waals surface area contributed by atoms with Crippen molar-refractivity contribution in [2.24, 2.45) is 0 Å². The highest BCUT2D eigenvalue weighted by molar-refractivity contribution is 9.10. The molecule has 0 aliphatic carbocycles.